The van der Waals surface area contributed by atoms with Gasteiger partial charge in [-0.05, 0) is 6.92 Å². The van der Waals surface area contributed by atoms with Crippen LogP contribution in [0.25, 0.3) is 11.3 Å². The molecule has 3 nitrogen and oxygen atoms in total. The molecule has 0 amide bonds. The van der Waals surface area contributed by atoms with E-state index >= 15 is 0 Å². The smallest absolute Gasteiger partial charge is 0.318 e. The molecule has 6 heteroatoms. The maximum atomic E-state index is 13.8. The summed E-state index contributed by atoms with van der Waals surface area (Å²) in [4.78, 5) is 10.8. The first-order valence-corrected chi connectivity index (χ1v) is 5.56. The lowest BCUT2D eigenvalue weighted by Crippen LogP contribution is -2.22. The van der Waals surface area contributed by atoms with Gasteiger partial charge in [-0.2, -0.15) is 8.78 Å². The van der Waals surface area contributed by atoms with Crippen molar-refractivity contribution in [2.45, 2.75) is 6.92 Å². The molecular formula is C13H10F3NO2. The van der Waals surface area contributed by atoms with Crippen molar-refractivity contribution in [3.63, 3.8) is 0 Å². The van der Waals surface area contributed by atoms with Crippen molar-refractivity contribution >= 4 is 0 Å². The predicted molar refractivity (Wildman–Crippen MR) is 63.7 cm³/mol. The van der Waals surface area contributed by atoms with E-state index in [1.54, 1.807) is 25.1 Å². The Morgan fingerprint density at radius 3 is 2.37 bits per heavy atom. The van der Waals surface area contributed by atoms with Gasteiger partial charge in [-0.25, -0.2) is 0 Å². The second kappa shape index (κ2) is 5.17. The Morgan fingerprint density at radius 1 is 1.16 bits per heavy atom. The van der Waals surface area contributed by atoms with Crippen molar-refractivity contribution < 1.29 is 18.0 Å². The summed E-state index contributed by atoms with van der Waals surface area (Å²) < 4.78 is 45.7. The van der Waals surface area contributed by atoms with Gasteiger partial charge in [-0.1, -0.05) is 34.8 Å². The summed E-state index contributed by atoms with van der Waals surface area (Å²) in [6, 6.07) is 7.76. The summed E-state index contributed by atoms with van der Waals surface area (Å²) in [7, 11) is 0. The van der Waals surface area contributed by atoms with E-state index in [1.807, 2.05) is 0 Å². The third-order valence-corrected chi connectivity index (χ3v) is 2.51. The van der Waals surface area contributed by atoms with Crippen LogP contribution in [0.2, 0.25) is 0 Å². The minimum Gasteiger partial charge on any atom is -0.488 e. The molecule has 0 bridgehead atoms. The number of pyridine rings is 1. The van der Waals surface area contributed by atoms with E-state index in [-0.39, 0.29) is 12.2 Å². The Balaban J connectivity index is 2.82. The van der Waals surface area contributed by atoms with Crippen molar-refractivity contribution in [2.24, 2.45) is 0 Å². The van der Waals surface area contributed by atoms with Gasteiger partial charge in [0.05, 0.1) is 6.61 Å². The SMILES string of the molecule is CCOc1c(F)c(F)c(=O)n(F)c1-c1ccccc1. The molecule has 2 aromatic rings. The third kappa shape index (κ3) is 2.21. The van der Waals surface area contributed by atoms with Crippen molar-refractivity contribution in [3.8, 4) is 17.0 Å². The number of ether oxygens (including phenoxy) is 1. The minimum absolute atomic E-state index is 0.00833. The van der Waals surface area contributed by atoms with Crippen LogP contribution in [0.1, 0.15) is 6.92 Å². The molecule has 0 atom stereocenters. The van der Waals surface area contributed by atoms with Crippen molar-refractivity contribution in [1.29, 1.82) is 0 Å². The lowest BCUT2D eigenvalue weighted by Gasteiger charge is -2.13. The van der Waals surface area contributed by atoms with E-state index in [9.17, 15) is 18.1 Å². The summed E-state index contributed by atoms with van der Waals surface area (Å²) in [5.74, 6) is -3.90. The Hall–Kier alpha value is -2.24. The Bertz CT molecular complexity index is 653. The van der Waals surface area contributed by atoms with Crippen molar-refractivity contribution in [3.05, 3.63) is 52.3 Å². The van der Waals surface area contributed by atoms with Crippen LogP contribution in [0.15, 0.2) is 35.1 Å². The summed E-state index contributed by atoms with van der Waals surface area (Å²) >= 11 is 0. The van der Waals surface area contributed by atoms with Gasteiger partial charge in [0.1, 0.15) is 5.69 Å². The molecule has 0 aliphatic carbocycles. The summed E-state index contributed by atoms with van der Waals surface area (Å²) in [6.45, 7) is 1.55. The maximum Gasteiger partial charge on any atom is 0.318 e. The molecule has 0 fully saturated rings. The summed E-state index contributed by atoms with van der Waals surface area (Å²) in [5.41, 5.74) is -1.91. The van der Waals surface area contributed by atoms with Crippen LogP contribution in [0.4, 0.5) is 13.3 Å². The Kier molecular flexibility index (Phi) is 3.59. The van der Waals surface area contributed by atoms with Gasteiger partial charge in [-0.3, -0.25) is 4.79 Å². The van der Waals surface area contributed by atoms with Crippen molar-refractivity contribution in [1.82, 2.24) is 4.79 Å². The van der Waals surface area contributed by atoms with Crippen LogP contribution in [-0.2, 0) is 0 Å². The second-order valence-electron chi connectivity index (χ2n) is 3.69. The van der Waals surface area contributed by atoms with Gasteiger partial charge in [0.2, 0.25) is 11.6 Å². The highest BCUT2D eigenvalue weighted by Gasteiger charge is 2.24. The quantitative estimate of drug-likeness (QED) is 0.857. The van der Waals surface area contributed by atoms with Gasteiger partial charge in [0, 0.05) is 5.56 Å². The molecule has 0 N–H and O–H groups in total. The molecule has 1 heterocycles. The number of benzene rings is 1. The molecule has 2 rings (SSSR count). The number of rotatable bonds is 3. The van der Waals surface area contributed by atoms with Gasteiger partial charge in [0.25, 0.3) is 0 Å². The molecular weight excluding hydrogens is 259 g/mol. The zero-order valence-electron chi connectivity index (χ0n) is 9.99. The standard InChI is InChI=1S/C13H10F3NO2/c1-2-19-12-9(14)10(15)13(18)17(16)11(12)8-6-4-3-5-7-8/h3-7H,2H2,1H3. The van der Waals surface area contributed by atoms with Crippen LogP contribution in [0.3, 0.4) is 0 Å². The van der Waals surface area contributed by atoms with Gasteiger partial charge < -0.3 is 4.74 Å². The average molecular weight is 269 g/mol. The molecule has 0 saturated heterocycles. The van der Waals surface area contributed by atoms with Crippen LogP contribution >= 0.6 is 0 Å². The molecule has 0 saturated carbocycles. The monoisotopic (exact) mass is 269 g/mol. The maximum absolute atomic E-state index is 13.8. The number of nitrogens with zero attached hydrogens (tertiary/aromatic N) is 1. The highest BCUT2D eigenvalue weighted by atomic mass is 19.2. The zero-order valence-corrected chi connectivity index (χ0v) is 9.99. The van der Waals surface area contributed by atoms with E-state index < -0.39 is 33.4 Å². The molecule has 0 spiro atoms. The zero-order chi connectivity index (χ0) is 14.0. The number of hydrogen-bond donors (Lipinski definition) is 0. The van der Waals surface area contributed by atoms with E-state index in [1.165, 1.54) is 12.1 Å². The average Bonchev–Trinajstić information content (AvgIpc) is 2.44. The first kappa shape index (κ1) is 13.2. The summed E-state index contributed by atoms with van der Waals surface area (Å²) in [5, 5.41) is 0. The topological polar surface area (TPSA) is 31.2 Å². The normalized spacial score (nSPS) is 10.5. The van der Waals surface area contributed by atoms with Gasteiger partial charge in [-0.15, -0.1) is 4.79 Å². The fraction of sp³-hybridized carbons (Fsp3) is 0.154. The van der Waals surface area contributed by atoms with Crippen LogP contribution in [0.5, 0.6) is 5.75 Å². The van der Waals surface area contributed by atoms with E-state index in [0.29, 0.717) is 0 Å². The fourth-order valence-electron chi connectivity index (χ4n) is 1.69. The highest BCUT2D eigenvalue weighted by molar-refractivity contribution is 5.66. The molecule has 0 radical (unpaired) electrons. The van der Waals surface area contributed by atoms with Gasteiger partial charge >= 0.3 is 5.56 Å². The van der Waals surface area contributed by atoms with E-state index in [4.69, 9.17) is 4.74 Å². The molecule has 0 unspecified atom stereocenters. The molecule has 1 aromatic heterocycles. The molecule has 0 aliphatic rings. The van der Waals surface area contributed by atoms with E-state index in [2.05, 4.69) is 0 Å². The van der Waals surface area contributed by atoms with Crippen LogP contribution < -0.4 is 10.3 Å². The Labute approximate surface area is 106 Å². The summed E-state index contributed by atoms with van der Waals surface area (Å²) in [6.07, 6.45) is 0. The molecule has 100 valence electrons. The highest BCUT2D eigenvalue weighted by Crippen LogP contribution is 2.32. The molecule has 0 aliphatic heterocycles. The number of hydrogen-bond acceptors (Lipinski definition) is 2. The van der Waals surface area contributed by atoms with E-state index in [0.717, 1.165) is 0 Å². The lowest BCUT2D eigenvalue weighted by molar-refractivity contribution is 0.283. The third-order valence-electron chi connectivity index (χ3n) is 2.51. The van der Waals surface area contributed by atoms with Gasteiger partial charge in [0.15, 0.2) is 5.75 Å². The largest absolute Gasteiger partial charge is 0.488 e. The van der Waals surface area contributed by atoms with Crippen LogP contribution in [-0.4, -0.2) is 11.4 Å². The van der Waals surface area contributed by atoms with Crippen LogP contribution in [0, 0.1) is 11.6 Å². The first-order valence-electron chi connectivity index (χ1n) is 5.56. The second-order valence-corrected chi connectivity index (χ2v) is 3.69. The Morgan fingerprint density at radius 2 is 1.79 bits per heavy atom. The fourth-order valence-corrected chi connectivity index (χ4v) is 1.69. The minimum atomic E-state index is -1.80. The number of aromatic nitrogens is 1. The predicted octanol–water partition coefficient (Wildman–Crippen LogP) is 2.92. The number of halogens is 3. The first-order chi connectivity index (χ1) is 9.07. The lowest BCUT2D eigenvalue weighted by atomic mass is 10.1. The van der Waals surface area contributed by atoms with Crippen molar-refractivity contribution in [2.75, 3.05) is 6.61 Å². The molecule has 19 heavy (non-hydrogen) atoms. The molecule has 1 aromatic carbocycles.